The predicted octanol–water partition coefficient (Wildman–Crippen LogP) is 3.28. The Morgan fingerprint density at radius 3 is 2.26 bits per heavy atom. The van der Waals surface area contributed by atoms with Crippen LogP contribution in [0.2, 0.25) is 0 Å². The lowest BCUT2D eigenvalue weighted by molar-refractivity contribution is -0.149. The standard InChI is InChI=1S/C23H34N4O3.HI/c1-3-30-22(29)20-11-15-27(16-12-20)23(24-2)25-17-18-7-9-19(10-8-18)21(28)26-13-5-4-6-14-26;/h7-10,20H,3-6,11-17H2,1-2H3,(H,24,25);1H. The number of aliphatic imine (C=N–C) groups is 1. The summed E-state index contributed by atoms with van der Waals surface area (Å²) in [5.74, 6) is 0.879. The molecule has 0 unspecified atom stereocenters. The zero-order chi connectivity index (χ0) is 21.3. The van der Waals surface area contributed by atoms with Crippen LogP contribution in [0.4, 0.5) is 0 Å². The Morgan fingerprint density at radius 1 is 1.03 bits per heavy atom. The number of benzene rings is 1. The Kier molecular flexibility index (Phi) is 10.6. The molecule has 8 heteroatoms. The van der Waals surface area contributed by atoms with Gasteiger partial charge in [0.1, 0.15) is 0 Å². The van der Waals surface area contributed by atoms with Crippen LogP contribution < -0.4 is 5.32 Å². The molecular weight excluding hydrogens is 507 g/mol. The molecule has 0 bridgehead atoms. The van der Waals surface area contributed by atoms with Crippen molar-refractivity contribution in [1.29, 1.82) is 0 Å². The topological polar surface area (TPSA) is 74.2 Å². The lowest BCUT2D eigenvalue weighted by atomic mass is 9.97. The molecule has 2 saturated heterocycles. The summed E-state index contributed by atoms with van der Waals surface area (Å²) in [4.78, 5) is 33.1. The second-order valence-corrected chi connectivity index (χ2v) is 7.96. The number of guanidine groups is 1. The number of ether oxygens (including phenoxy) is 1. The number of esters is 1. The van der Waals surface area contributed by atoms with E-state index in [2.05, 4.69) is 15.2 Å². The lowest BCUT2D eigenvalue weighted by Gasteiger charge is -2.33. The van der Waals surface area contributed by atoms with Crippen molar-refractivity contribution in [2.24, 2.45) is 10.9 Å². The highest BCUT2D eigenvalue weighted by atomic mass is 127. The summed E-state index contributed by atoms with van der Waals surface area (Å²) in [6.07, 6.45) is 4.99. The van der Waals surface area contributed by atoms with Crippen molar-refractivity contribution in [2.45, 2.75) is 45.6 Å². The van der Waals surface area contributed by atoms with Crippen molar-refractivity contribution >= 4 is 41.8 Å². The number of halogens is 1. The van der Waals surface area contributed by atoms with E-state index in [-0.39, 0.29) is 41.8 Å². The number of hydrogen-bond donors (Lipinski definition) is 1. The number of likely N-dealkylation sites (tertiary alicyclic amines) is 2. The molecule has 7 nitrogen and oxygen atoms in total. The average Bonchev–Trinajstić information content (AvgIpc) is 2.80. The summed E-state index contributed by atoms with van der Waals surface area (Å²) in [6, 6.07) is 7.85. The molecule has 2 aliphatic rings. The summed E-state index contributed by atoms with van der Waals surface area (Å²) in [5.41, 5.74) is 1.86. The molecule has 1 amide bonds. The molecule has 0 aromatic heterocycles. The highest BCUT2D eigenvalue weighted by Crippen LogP contribution is 2.19. The molecule has 0 aliphatic carbocycles. The van der Waals surface area contributed by atoms with Gasteiger partial charge in [0.25, 0.3) is 5.91 Å². The largest absolute Gasteiger partial charge is 0.466 e. The summed E-state index contributed by atoms with van der Waals surface area (Å²) in [7, 11) is 1.78. The van der Waals surface area contributed by atoms with Crippen LogP contribution in [0.3, 0.4) is 0 Å². The summed E-state index contributed by atoms with van der Waals surface area (Å²) < 4.78 is 5.14. The monoisotopic (exact) mass is 542 g/mol. The smallest absolute Gasteiger partial charge is 0.309 e. The summed E-state index contributed by atoms with van der Waals surface area (Å²) >= 11 is 0. The van der Waals surface area contributed by atoms with Crippen LogP contribution >= 0.6 is 24.0 Å². The SMILES string of the molecule is CCOC(=O)C1CCN(C(=NC)NCc2ccc(C(=O)N3CCCCC3)cc2)CC1.I. The van der Waals surface area contributed by atoms with E-state index in [4.69, 9.17) is 4.74 Å². The molecule has 31 heavy (non-hydrogen) atoms. The van der Waals surface area contributed by atoms with Gasteiger partial charge in [-0.25, -0.2) is 0 Å². The molecule has 1 aromatic rings. The fourth-order valence-corrected chi connectivity index (χ4v) is 4.15. The third-order valence-corrected chi connectivity index (χ3v) is 5.92. The fraction of sp³-hybridized carbons (Fsp3) is 0.609. The van der Waals surface area contributed by atoms with Crippen molar-refractivity contribution in [3.05, 3.63) is 35.4 Å². The average molecular weight is 542 g/mol. The highest BCUT2D eigenvalue weighted by Gasteiger charge is 2.27. The minimum absolute atomic E-state index is 0. The predicted molar refractivity (Wildman–Crippen MR) is 133 cm³/mol. The Morgan fingerprint density at radius 2 is 1.68 bits per heavy atom. The van der Waals surface area contributed by atoms with Gasteiger partial charge in [0, 0.05) is 45.3 Å². The van der Waals surface area contributed by atoms with Gasteiger partial charge in [0.2, 0.25) is 0 Å². The van der Waals surface area contributed by atoms with E-state index in [0.717, 1.165) is 68.9 Å². The Balaban J connectivity index is 0.00000341. The second-order valence-electron chi connectivity index (χ2n) is 7.96. The zero-order valence-electron chi connectivity index (χ0n) is 18.6. The molecular formula is C23H35IN4O3. The molecule has 0 radical (unpaired) electrons. The molecule has 1 N–H and O–H groups in total. The van der Waals surface area contributed by atoms with Gasteiger partial charge in [0.05, 0.1) is 12.5 Å². The lowest BCUT2D eigenvalue weighted by Crippen LogP contribution is -2.46. The van der Waals surface area contributed by atoms with E-state index in [9.17, 15) is 9.59 Å². The van der Waals surface area contributed by atoms with Crippen molar-refractivity contribution in [3.63, 3.8) is 0 Å². The maximum absolute atomic E-state index is 12.6. The third-order valence-electron chi connectivity index (χ3n) is 5.92. The maximum atomic E-state index is 12.6. The minimum atomic E-state index is -0.0840. The molecule has 1 aromatic carbocycles. The van der Waals surface area contributed by atoms with E-state index in [1.165, 1.54) is 6.42 Å². The molecule has 0 spiro atoms. The van der Waals surface area contributed by atoms with E-state index in [1.807, 2.05) is 36.1 Å². The van der Waals surface area contributed by atoms with Gasteiger partial charge in [0.15, 0.2) is 5.96 Å². The van der Waals surface area contributed by atoms with Crippen LogP contribution in [-0.2, 0) is 16.1 Å². The molecule has 2 fully saturated rings. The van der Waals surface area contributed by atoms with Gasteiger partial charge in [-0.1, -0.05) is 12.1 Å². The number of nitrogens with one attached hydrogen (secondary N) is 1. The van der Waals surface area contributed by atoms with Crippen LogP contribution in [-0.4, -0.2) is 67.5 Å². The first kappa shape index (κ1) is 25.4. The normalized spacial score (nSPS) is 17.7. The first-order chi connectivity index (χ1) is 14.6. The fourth-order valence-electron chi connectivity index (χ4n) is 4.15. The quantitative estimate of drug-likeness (QED) is 0.268. The zero-order valence-corrected chi connectivity index (χ0v) is 21.0. The number of carbonyl (C=O) groups excluding carboxylic acids is 2. The van der Waals surface area contributed by atoms with Crippen molar-refractivity contribution in [3.8, 4) is 0 Å². The van der Waals surface area contributed by atoms with Gasteiger partial charge >= 0.3 is 5.97 Å². The van der Waals surface area contributed by atoms with Gasteiger partial charge in [-0.2, -0.15) is 0 Å². The highest BCUT2D eigenvalue weighted by molar-refractivity contribution is 14.0. The summed E-state index contributed by atoms with van der Waals surface area (Å²) in [6.45, 7) is 6.22. The van der Waals surface area contributed by atoms with E-state index < -0.39 is 0 Å². The number of hydrogen-bond acceptors (Lipinski definition) is 4. The first-order valence-electron chi connectivity index (χ1n) is 11.1. The number of rotatable bonds is 5. The molecule has 0 atom stereocenters. The van der Waals surface area contributed by atoms with E-state index in [0.29, 0.717) is 13.2 Å². The molecule has 172 valence electrons. The number of piperidine rings is 2. The van der Waals surface area contributed by atoms with Crippen molar-refractivity contribution in [2.75, 3.05) is 39.8 Å². The number of nitrogens with zero attached hydrogens (tertiary/aromatic N) is 3. The van der Waals surface area contributed by atoms with Crippen molar-refractivity contribution < 1.29 is 14.3 Å². The number of amides is 1. The molecule has 2 heterocycles. The Labute approximate surface area is 202 Å². The maximum Gasteiger partial charge on any atom is 0.309 e. The van der Waals surface area contributed by atoms with Crippen LogP contribution in [0.1, 0.15) is 54.9 Å². The van der Waals surface area contributed by atoms with Gasteiger partial charge in [-0.05, 0) is 56.7 Å². The van der Waals surface area contributed by atoms with Crippen LogP contribution in [0.15, 0.2) is 29.3 Å². The van der Waals surface area contributed by atoms with Gasteiger partial charge in [-0.15, -0.1) is 24.0 Å². The Bertz CT molecular complexity index is 740. The molecule has 2 aliphatic heterocycles. The first-order valence-corrected chi connectivity index (χ1v) is 11.1. The third kappa shape index (κ3) is 7.08. The van der Waals surface area contributed by atoms with E-state index >= 15 is 0 Å². The summed E-state index contributed by atoms with van der Waals surface area (Å²) in [5, 5.41) is 3.40. The van der Waals surface area contributed by atoms with Gasteiger partial charge in [-0.3, -0.25) is 14.6 Å². The van der Waals surface area contributed by atoms with Crippen molar-refractivity contribution in [1.82, 2.24) is 15.1 Å². The van der Waals surface area contributed by atoms with Crippen LogP contribution in [0, 0.1) is 5.92 Å². The molecule has 0 saturated carbocycles. The Hall–Kier alpha value is -1.84. The number of carbonyl (C=O) groups is 2. The van der Waals surface area contributed by atoms with Gasteiger partial charge < -0.3 is 19.9 Å². The second kappa shape index (κ2) is 12.9. The van der Waals surface area contributed by atoms with Crippen LogP contribution in [0.5, 0.6) is 0 Å². The molecule has 3 rings (SSSR count). The van der Waals surface area contributed by atoms with Crippen LogP contribution in [0.25, 0.3) is 0 Å². The van der Waals surface area contributed by atoms with E-state index in [1.54, 1.807) is 7.05 Å². The minimum Gasteiger partial charge on any atom is -0.466 e.